The van der Waals surface area contributed by atoms with Crippen molar-refractivity contribution < 1.29 is 5.11 Å². The van der Waals surface area contributed by atoms with Gasteiger partial charge in [-0.25, -0.2) is 4.98 Å². The molecule has 0 aliphatic rings. The van der Waals surface area contributed by atoms with E-state index in [1.807, 2.05) is 31.3 Å². The van der Waals surface area contributed by atoms with Crippen molar-refractivity contribution in [2.24, 2.45) is 7.05 Å². The molecule has 2 aromatic heterocycles. The maximum atomic E-state index is 10.4. The molecule has 5 heteroatoms. The molecule has 19 heavy (non-hydrogen) atoms. The average Bonchev–Trinajstić information content (AvgIpc) is 2.83. The normalized spacial score (nSPS) is 12.7. The molecule has 0 amide bonds. The predicted octanol–water partition coefficient (Wildman–Crippen LogP) is 1.64. The van der Waals surface area contributed by atoms with E-state index in [9.17, 15) is 5.11 Å². The molecule has 0 saturated heterocycles. The summed E-state index contributed by atoms with van der Waals surface area (Å²) in [7, 11) is 1.82. The van der Waals surface area contributed by atoms with Gasteiger partial charge in [0.1, 0.15) is 12.2 Å². The van der Waals surface area contributed by atoms with Crippen LogP contribution in [0.1, 0.15) is 17.5 Å². The Kier molecular flexibility index (Phi) is 2.97. The molecule has 1 N–H and O–H groups in total. The Bertz CT molecular complexity index is 702. The third-order valence-corrected chi connectivity index (χ3v) is 3.24. The van der Waals surface area contributed by atoms with E-state index in [-0.39, 0.29) is 0 Å². The Labute approximate surface area is 110 Å². The number of benzene rings is 1. The van der Waals surface area contributed by atoms with E-state index in [0.717, 1.165) is 22.2 Å². The van der Waals surface area contributed by atoms with Crippen molar-refractivity contribution in [3.05, 3.63) is 54.4 Å². The zero-order valence-corrected chi connectivity index (χ0v) is 10.6. The van der Waals surface area contributed by atoms with Crippen molar-refractivity contribution in [1.29, 1.82) is 0 Å². The predicted molar refractivity (Wildman–Crippen MR) is 71.4 cm³/mol. The third kappa shape index (κ3) is 2.20. The van der Waals surface area contributed by atoms with Crippen LogP contribution in [0, 0.1) is 0 Å². The molecule has 0 aliphatic heterocycles. The number of hydrogen-bond donors (Lipinski definition) is 1. The van der Waals surface area contributed by atoms with Gasteiger partial charge in [-0.05, 0) is 5.39 Å². The first kappa shape index (κ1) is 11.8. The van der Waals surface area contributed by atoms with Gasteiger partial charge in [0.05, 0.1) is 6.10 Å². The SMILES string of the molecule is Cn1ncnc1CC(O)c1cncc2ccccc12. The molecule has 0 fully saturated rings. The van der Waals surface area contributed by atoms with Gasteiger partial charge in [-0.2, -0.15) is 5.10 Å². The van der Waals surface area contributed by atoms with Gasteiger partial charge in [0, 0.05) is 36.8 Å². The quantitative estimate of drug-likeness (QED) is 0.771. The zero-order chi connectivity index (χ0) is 13.2. The molecule has 5 nitrogen and oxygen atoms in total. The van der Waals surface area contributed by atoms with Crippen molar-refractivity contribution in [2.45, 2.75) is 12.5 Å². The van der Waals surface area contributed by atoms with Crippen LogP contribution in [0.4, 0.5) is 0 Å². The minimum absolute atomic E-state index is 0.423. The van der Waals surface area contributed by atoms with Crippen molar-refractivity contribution in [3.8, 4) is 0 Å². The van der Waals surface area contributed by atoms with Crippen molar-refractivity contribution in [1.82, 2.24) is 19.7 Å². The average molecular weight is 254 g/mol. The van der Waals surface area contributed by atoms with Gasteiger partial charge < -0.3 is 5.11 Å². The summed E-state index contributed by atoms with van der Waals surface area (Å²) in [5.41, 5.74) is 0.820. The highest BCUT2D eigenvalue weighted by Crippen LogP contribution is 2.24. The lowest BCUT2D eigenvalue weighted by molar-refractivity contribution is 0.175. The summed E-state index contributed by atoms with van der Waals surface area (Å²) >= 11 is 0. The Hall–Kier alpha value is -2.27. The lowest BCUT2D eigenvalue weighted by Gasteiger charge is -2.12. The molecule has 3 aromatic rings. The number of aliphatic hydroxyl groups is 1. The number of nitrogens with zero attached hydrogens (tertiary/aromatic N) is 4. The van der Waals surface area contributed by atoms with Crippen LogP contribution in [-0.4, -0.2) is 24.9 Å². The first-order valence-corrected chi connectivity index (χ1v) is 6.09. The minimum Gasteiger partial charge on any atom is -0.388 e. The molecule has 2 heterocycles. The number of rotatable bonds is 3. The minimum atomic E-state index is -0.638. The molecular weight excluding hydrogens is 240 g/mol. The monoisotopic (exact) mass is 254 g/mol. The van der Waals surface area contributed by atoms with Gasteiger partial charge in [-0.15, -0.1) is 0 Å². The van der Waals surface area contributed by atoms with Crippen LogP contribution in [-0.2, 0) is 13.5 Å². The molecular formula is C14H14N4O. The summed E-state index contributed by atoms with van der Waals surface area (Å²) in [4.78, 5) is 8.32. The fourth-order valence-corrected chi connectivity index (χ4v) is 2.19. The van der Waals surface area contributed by atoms with Crippen LogP contribution in [0.2, 0.25) is 0 Å². The zero-order valence-electron chi connectivity index (χ0n) is 10.6. The number of fused-ring (bicyclic) bond motifs is 1. The van der Waals surface area contributed by atoms with Gasteiger partial charge >= 0.3 is 0 Å². The lowest BCUT2D eigenvalue weighted by atomic mass is 10.0. The summed E-state index contributed by atoms with van der Waals surface area (Å²) < 4.78 is 1.67. The third-order valence-electron chi connectivity index (χ3n) is 3.24. The number of aliphatic hydroxyl groups excluding tert-OH is 1. The van der Waals surface area contributed by atoms with Crippen LogP contribution >= 0.6 is 0 Å². The van der Waals surface area contributed by atoms with Gasteiger partial charge in [0.25, 0.3) is 0 Å². The van der Waals surface area contributed by atoms with Gasteiger partial charge in [0.15, 0.2) is 0 Å². The van der Waals surface area contributed by atoms with E-state index in [4.69, 9.17) is 0 Å². The van der Waals surface area contributed by atoms with Crippen molar-refractivity contribution in [3.63, 3.8) is 0 Å². The Morgan fingerprint density at radius 1 is 1.26 bits per heavy atom. The van der Waals surface area contributed by atoms with Gasteiger partial charge in [-0.3, -0.25) is 9.67 Å². The lowest BCUT2D eigenvalue weighted by Crippen LogP contribution is -2.08. The van der Waals surface area contributed by atoms with E-state index in [2.05, 4.69) is 15.1 Å². The molecule has 1 aromatic carbocycles. The van der Waals surface area contributed by atoms with E-state index in [1.165, 1.54) is 6.33 Å². The standard InChI is InChI=1S/C14H14N4O/c1-18-14(16-9-17-18)6-13(19)12-8-15-7-10-4-2-3-5-11(10)12/h2-5,7-9,13,19H,6H2,1H3. The largest absolute Gasteiger partial charge is 0.388 e. The van der Waals surface area contributed by atoms with E-state index < -0.39 is 6.10 Å². The molecule has 0 saturated carbocycles. The topological polar surface area (TPSA) is 63.8 Å². The van der Waals surface area contributed by atoms with Crippen molar-refractivity contribution >= 4 is 10.8 Å². The smallest absolute Gasteiger partial charge is 0.138 e. The second-order valence-corrected chi connectivity index (χ2v) is 4.47. The molecule has 1 unspecified atom stereocenters. The van der Waals surface area contributed by atoms with Crippen LogP contribution in [0.3, 0.4) is 0 Å². The highest BCUT2D eigenvalue weighted by molar-refractivity contribution is 5.84. The van der Waals surface area contributed by atoms with Crippen LogP contribution in [0.5, 0.6) is 0 Å². The number of aromatic nitrogens is 4. The molecule has 0 bridgehead atoms. The van der Waals surface area contributed by atoms with Gasteiger partial charge in [0.2, 0.25) is 0 Å². The first-order chi connectivity index (χ1) is 9.25. The van der Waals surface area contributed by atoms with Crippen LogP contribution in [0.25, 0.3) is 10.8 Å². The first-order valence-electron chi connectivity index (χ1n) is 6.09. The number of hydrogen-bond acceptors (Lipinski definition) is 4. The Morgan fingerprint density at radius 3 is 2.89 bits per heavy atom. The number of aryl methyl sites for hydroxylation is 1. The molecule has 96 valence electrons. The highest BCUT2D eigenvalue weighted by atomic mass is 16.3. The van der Waals surface area contributed by atoms with Crippen LogP contribution < -0.4 is 0 Å². The number of pyridine rings is 1. The Morgan fingerprint density at radius 2 is 2.11 bits per heavy atom. The molecule has 1 atom stereocenters. The van der Waals surface area contributed by atoms with E-state index in [1.54, 1.807) is 17.1 Å². The van der Waals surface area contributed by atoms with E-state index in [0.29, 0.717) is 6.42 Å². The van der Waals surface area contributed by atoms with Crippen LogP contribution in [0.15, 0.2) is 43.0 Å². The summed E-state index contributed by atoms with van der Waals surface area (Å²) in [6, 6.07) is 7.90. The summed E-state index contributed by atoms with van der Waals surface area (Å²) in [5.74, 6) is 0.750. The summed E-state index contributed by atoms with van der Waals surface area (Å²) in [5, 5.41) is 16.4. The molecule has 0 aliphatic carbocycles. The maximum absolute atomic E-state index is 10.4. The van der Waals surface area contributed by atoms with Gasteiger partial charge in [-0.1, -0.05) is 24.3 Å². The molecule has 0 radical (unpaired) electrons. The van der Waals surface area contributed by atoms with E-state index >= 15 is 0 Å². The fraction of sp³-hybridized carbons (Fsp3) is 0.214. The fourth-order valence-electron chi connectivity index (χ4n) is 2.19. The summed E-state index contributed by atoms with van der Waals surface area (Å²) in [6.07, 6.45) is 4.79. The molecule has 0 spiro atoms. The second-order valence-electron chi connectivity index (χ2n) is 4.47. The Balaban J connectivity index is 1.98. The molecule has 3 rings (SSSR count). The maximum Gasteiger partial charge on any atom is 0.138 e. The second kappa shape index (κ2) is 4.78. The summed E-state index contributed by atoms with van der Waals surface area (Å²) in [6.45, 7) is 0. The highest BCUT2D eigenvalue weighted by Gasteiger charge is 2.14. The van der Waals surface area contributed by atoms with Crippen molar-refractivity contribution in [2.75, 3.05) is 0 Å².